The Labute approximate surface area is 118 Å². The number of nitrogens with one attached hydrogen (secondary N) is 1. The van der Waals surface area contributed by atoms with Gasteiger partial charge in [0.25, 0.3) is 5.91 Å². The molecule has 1 saturated carbocycles. The first-order valence-corrected chi connectivity index (χ1v) is 7.04. The van der Waals surface area contributed by atoms with Crippen molar-refractivity contribution in [3.05, 3.63) is 18.2 Å². The lowest BCUT2D eigenvalue weighted by Crippen LogP contribution is -2.53. The van der Waals surface area contributed by atoms with Gasteiger partial charge in [0.2, 0.25) is 0 Å². The summed E-state index contributed by atoms with van der Waals surface area (Å²) in [5.41, 5.74) is 0.826. The number of β-amino-alcohol motifs (C(OH)–C–C–N with tert-alkyl or cyclic N) is 1. The molecule has 20 heavy (non-hydrogen) atoms. The minimum atomic E-state index is -0.895. The second-order valence-electron chi connectivity index (χ2n) is 5.89. The first-order chi connectivity index (χ1) is 9.51. The number of aliphatic hydroxyl groups is 1. The zero-order chi connectivity index (χ0) is 14.3. The highest BCUT2D eigenvalue weighted by molar-refractivity contribution is 6.02. The molecule has 1 aromatic carbocycles. The number of ether oxygens (including phenoxy) is 1. The summed E-state index contributed by atoms with van der Waals surface area (Å²) < 4.78 is 5.78. The van der Waals surface area contributed by atoms with E-state index >= 15 is 0 Å². The van der Waals surface area contributed by atoms with Crippen LogP contribution < -0.4 is 15.0 Å². The van der Waals surface area contributed by atoms with E-state index in [1.165, 1.54) is 12.8 Å². The number of benzene rings is 1. The van der Waals surface area contributed by atoms with Gasteiger partial charge in [-0.2, -0.15) is 0 Å². The summed E-state index contributed by atoms with van der Waals surface area (Å²) in [5, 5.41) is 12.6. The Bertz CT molecular complexity index is 538. The van der Waals surface area contributed by atoms with Crippen LogP contribution in [0.1, 0.15) is 26.7 Å². The first kappa shape index (κ1) is 13.2. The Hall–Kier alpha value is -1.75. The highest BCUT2D eigenvalue weighted by Crippen LogP contribution is 2.40. The molecule has 1 amide bonds. The third-order valence-electron chi connectivity index (χ3n) is 3.65. The third-order valence-corrected chi connectivity index (χ3v) is 3.65. The van der Waals surface area contributed by atoms with E-state index in [4.69, 9.17) is 4.74 Å². The Balaban J connectivity index is 1.96. The average Bonchev–Trinajstić information content (AvgIpc) is 3.19. The maximum atomic E-state index is 12.4. The van der Waals surface area contributed by atoms with Gasteiger partial charge in [-0.15, -0.1) is 0 Å². The number of carbonyl (C=O) groups excluding carboxylic acids is 1. The summed E-state index contributed by atoms with van der Waals surface area (Å²) in [6.07, 6.45) is 2.39. The molecule has 0 saturated heterocycles. The molecule has 5 heteroatoms. The molecule has 5 nitrogen and oxygen atoms in total. The predicted octanol–water partition coefficient (Wildman–Crippen LogP) is 1.76. The van der Waals surface area contributed by atoms with Gasteiger partial charge in [0, 0.05) is 18.3 Å². The number of amides is 1. The summed E-state index contributed by atoms with van der Waals surface area (Å²) in [6, 6.07) is 6.34. The van der Waals surface area contributed by atoms with Gasteiger partial charge in [0.15, 0.2) is 5.60 Å². The van der Waals surface area contributed by atoms with Crippen molar-refractivity contribution >= 4 is 17.3 Å². The van der Waals surface area contributed by atoms with E-state index in [1.807, 2.05) is 18.2 Å². The van der Waals surface area contributed by atoms with Gasteiger partial charge in [-0.05, 0) is 44.9 Å². The molecule has 3 rings (SSSR count). The normalized spacial score (nSPS) is 20.4. The van der Waals surface area contributed by atoms with Gasteiger partial charge in [0.05, 0.1) is 12.3 Å². The molecule has 1 fully saturated rings. The molecule has 2 aliphatic rings. The Morgan fingerprint density at radius 2 is 2.20 bits per heavy atom. The van der Waals surface area contributed by atoms with Gasteiger partial charge < -0.3 is 20.1 Å². The Morgan fingerprint density at radius 3 is 2.85 bits per heavy atom. The lowest BCUT2D eigenvalue weighted by atomic mass is 10.0. The highest BCUT2D eigenvalue weighted by atomic mass is 16.5. The molecule has 0 bridgehead atoms. The number of aliphatic hydroxyl groups excluding tert-OH is 1. The second kappa shape index (κ2) is 4.66. The molecule has 1 aliphatic carbocycles. The van der Waals surface area contributed by atoms with Crippen LogP contribution in [0.2, 0.25) is 0 Å². The van der Waals surface area contributed by atoms with E-state index < -0.39 is 5.60 Å². The van der Waals surface area contributed by atoms with E-state index in [0.29, 0.717) is 11.8 Å². The summed E-state index contributed by atoms with van der Waals surface area (Å²) in [6.45, 7) is 3.71. The minimum Gasteiger partial charge on any atom is -0.476 e. The van der Waals surface area contributed by atoms with Crippen LogP contribution >= 0.6 is 0 Å². The van der Waals surface area contributed by atoms with Crippen molar-refractivity contribution in [2.45, 2.75) is 38.3 Å². The molecule has 0 atom stereocenters. The molecule has 1 heterocycles. The number of nitrogens with zero attached hydrogens (tertiary/aromatic N) is 1. The van der Waals surface area contributed by atoms with Crippen molar-refractivity contribution in [1.82, 2.24) is 0 Å². The van der Waals surface area contributed by atoms with Gasteiger partial charge in [-0.1, -0.05) is 0 Å². The lowest BCUT2D eigenvalue weighted by molar-refractivity contribution is -0.132. The largest absolute Gasteiger partial charge is 0.476 e. The van der Waals surface area contributed by atoms with Crippen LogP contribution in [0.5, 0.6) is 5.75 Å². The molecule has 1 aliphatic heterocycles. The average molecular weight is 276 g/mol. The number of carbonyl (C=O) groups is 1. The monoisotopic (exact) mass is 276 g/mol. The van der Waals surface area contributed by atoms with E-state index in [0.717, 1.165) is 11.4 Å². The topological polar surface area (TPSA) is 61.8 Å². The summed E-state index contributed by atoms with van der Waals surface area (Å²) in [4.78, 5) is 14.0. The van der Waals surface area contributed by atoms with E-state index in [2.05, 4.69) is 5.32 Å². The smallest absolute Gasteiger partial charge is 0.270 e. The van der Waals surface area contributed by atoms with E-state index in [-0.39, 0.29) is 19.1 Å². The minimum absolute atomic E-state index is 0.0679. The number of hydrogen-bond acceptors (Lipinski definition) is 4. The fourth-order valence-electron chi connectivity index (χ4n) is 2.44. The van der Waals surface area contributed by atoms with Gasteiger partial charge in [0.1, 0.15) is 5.75 Å². The van der Waals surface area contributed by atoms with Crippen molar-refractivity contribution < 1.29 is 14.6 Å². The maximum absolute atomic E-state index is 12.4. The third kappa shape index (κ3) is 2.33. The van der Waals surface area contributed by atoms with Crippen LogP contribution in [0.15, 0.2) is 18.2 Å². The SMILES string of the molecule is CC1(C)Oc2ccc(NC3CC3)cc2N(CCO)C1=O. The van der Waals surface area contributed by atoms with E-state index in [1.54, 1.807) is 18.7 Å². The quantitative estimate of drug-likeness (QED) is 0.879. The zero-order valence-electron chi connectivity index (χ0n) is 11.8. The maximum Gasteiger partial charge on any atom is 0.270 e. The fraction of sp³-hybridized carbons (Fsp3) is 0.533. The van der Waals surface area contributed by atoms with Crippen LogP contribution in [-0.2, 0) is 4.79 Å². The number of rotatable bonds is 4. The Kier molecular flexibility index (Phi) is 3.09. The van der Waals surface area contributed by atoms with Crippen LogP contribution in [0.3, 0.4) is 0 Å². The number of fused-ring (bicyclic) bond motifs is 1. The molecule has 0 unspecified atom stereocenters. The fourth-order valence-corrected chi connectivity index (χ4v) is 2.44. The van der Waals surface area contributed by atoms with Crippen molar-refractivity contribution in [2.24, 2.45) is 0 Å². The Morgan fingerprint density at radius 1 is 1.45 bits per heavy atom. The lowest BCUT2D eigenvalue weighted by Gasteiger charge is -2.38. The van der Waals surface area contributed by atoms with Crippen LogP contribution in [-0.4, -0.2) is 35.8 Å². The van der Waals surface area contributed by atoms with Crippen molar-refractivity contribution in [2.75, 3.05) is 23.4 Å². The van der Waals surface area contributed by atoms with Gasteiger partial charge in [-0.25, -0.2) is 0 Å². The first-order valence-electron chi connectivity index (χ1n) is 7.04. The predicted molar refractivity (Wildman–Crippen MR) is 77.2 cm³/mol. The molecular formula is C15H20N2O3. The molecule has 2 N–H and O–H groups in total. The van der Waals surface area contributed by atoms with Crippen LogP contribution in [0, 0.1) is 0 Å². The van der Waals surface area contributed by atoms with Crippen molar-refractivity contribution in [1.29, 1.82) is 0 Å². The molecule has 1 aromatic rings. The highest BCUT2D eigenvalue weighted by Gasteiger charge is 2.40. The van der Waals surface area contributed by atoms with E-state index in [9.17, 15) is 9.90 Å². The van der Waals surface area contributed by atoms with Crippen LogP contribution in [0.4, 0.5) is 11.4 Å². The van der Waals surface area contributed by atoms with Crippen molar-refractivity contribution in [3.8, 4) is 5.75 Å². The molecule has 0 spiro atoms. The van der Waals surface area contributed by atoms with Crippen molar-refractivity contribution in [3.63, 3.8) is 0 Å². The molecular weight excluding hydrogens is 256 g/mol. The molecule has 0 aromatic heterocycles. The summed E-state index contributed by atoms with van der Waals surface area (Å²) in [7, 11) is 0. The number of anilines is 2. The van der Waals surface area contributed by atoms with Gasteiger partial charge >= 0.3 is 0 Å². The second-order valence-corrected chi connectivity index (χ2v) is 5.89. The summed E-state index contributed by atoms with van der Waals surface area (Å²) >= 11 is 0. The standard InChI is InChI=1S/C15H20N2O3/c1-15(2)14(19)17(7-8-18)12-9-11(16-10-3-4-10)5-6-13(12)20-15/h5-6,9-10,16,18H,3-4,7-8H2,1-2H3. The zero-order valence-corrected chi connectivity index (χ0v) is 11.8. The molecule has 108 valence electrons. The molecule has 0 radical (unpaired) electrons. The summed E-state index contributed by atoms with van der Waals surface area (Å²) in [5.74, 6) is 0.562. The number of hydrogen-bond donors (Lipinski definition) is 2. The van der Waals surface area contributed by atoms with Crippen LogP contribution in [0.25, 0.3) is 0 Å². The van der Waals surface area contributed by atoms with Gasteiger partial charge in [-0.3, -0.25) is 4.79 Å².